The van der Waals surface area contributed by atoms with E-state index in [1.165, 1.54) is 0 Å². The number of rotatable bonds is 6. The van der Waals surface area contributed by atoms with Crippen LogP contribution in [-0.2, 0) is 9.53 Å². The van der Waals surface area contributed by atoms with Gasteiger partial charge in [0.15, 0.2) is 0 Å². The van der Waals surface area contributed by atoms with E-state index in [1.807, 2.05) is 0 Å². The van der Waals surface area contributed by atoms with Crippen molar-refractivity contribution in [1.82, 2.24) is 10.6 Å². The molecular weight excluding hydrogens is 220 g/mol. The molecule has 1 amide bonds. The molecule has 0 aromatic carbocycles. The largest absolute Gasteiger partial charge is 0.394 e. The van der Waals surface area contributed by atoms with Gasteiger partial charge in [0.25, 0.3) is 0 Å². The molecule has 0 radical (unpaired) electrons. The Morgan fingerprint density at radius 3 is 2.71 bits per heavy atom. The van der Waals surface area contributed by atoms with Crippen LogP contribution in [0.15, 0.2) is 0 Å². The summed E-state index contributed by atoms with van der Waals surface area (Å²) in [6.45, 7) is 5.96. The van der Waals surface area contributed by atoms with Gasteiger partial charge in [-0.3, -0.25) is 4.79 Å². The minimum absolute atomic E-state index is 0.0616. The fraction of sp³-hybridized carbons (Fsp3) is 0.917. The van der Waals surface area contributed by atoms with E-state index < -0.39 is 5.54 Å². The van der Waals surface area contributed by atoms with Crippen molar-refractivity contribution in [1.29, 1.82) is 0 Å². The monoisotopic (exact) mass is 244 g/mol. The summed E-state index contributed by atoms with van der Waals surface area (Å²) in [5.41, 5.74) is -0.550. The number of aliphatic hydroxyl groups is 1. The highest BCUT2D eigenvalue weighted by molar-refractivity contribution is 5.76. The van der Waals surface area contributed by atoms with Gasteiger partial charge in [-0.25, -0.2) is 0 Å². The van der Waals surface area contributed by atoms with Crippen LogP contribution in [0.3, 0.4) is 0 Å². The molecule has 1 aliphatic heterocycles. The number of aliphatic hydroxyl groups excluding tert-OH is 1. The van der Waals surface area contributed by atoms with Crippen LogP contribution in [0, 0.1) is 0 Å². The van der Waals surface area contributed by atoms with E-state index in [1.54, 1.807) is 13.8 Å². The molecule has 0 aliphatic carbocycles. The minimum atomic E-state index is -0.550. The summed E-state index contributed by atoms with van der Waals surface area (Å²) in [6, 6.07) is 0. The predicted molar refractivity (Wildman–Crippen MR) is 65.8 cm³/mol. The highest BCUT2D eigenvalue weighted by atomic mass is 16.5. The molecule has 1 heterocycles. The van der Waals surface area contributed by atoms with E-state index in [9.17, 15) is 4.79 Å². The van der Waals surface area contributed by atoms with Gasteiger partial charge in [-0.2, -0.15) is 0 Å². The topological polar surface area (TPSA) is 70.6 Å². The fourth-order valence-electron chi connectivity index (χ4n) is 1.76. The molecule has 0 unspecified atom stereocenters. The number of hydrogen-bond acceptors (Lipinski definition) is 4. The van der Waals surface area contributed by atoms with Gasteiger partial charge in [0, 0.05) is 6.42 Å². The van der Waals surface area contributed by atoms with E-state index in [4.69, 9.17) is 9.84 Å². The Morgan fingerprint density at radius 1 is 1.47 bits per heavy atom. The summed E-state index contributed by atoms with van der Waals surface area (Å²) in [6.07, 6.45) is 2.68. The molecule has 1 fully saturated rings. The second-order valence-corrected chi connectivity index (χ2v) is 5.16. The van der Waals surface area contributed by atoms with Crippen molar-refractivity contribution in [2.24, 2.45) is 0 Å². The van der Waals surface area contributed by atoms with E-state index in [2.05, 4.69) is 10.6 Å². The lowest BCUT2D eigenvalue weighted by molar-refractivity contribution is -0.124. The van der Waals surface area contributed by atoms with Crippen molar-refractivity contribution in [2.75, 3.05) is 26.3 Å². The lowest BCUT2D eigenvalue weighted by atomic mass is 10.1. The molecular formula is C12H24N2O3. The van der Waals surface area contributed by atoms with Crippen molar-refractivity contribution in [3.8, 4) is 0 Å². The Hall–Kier alpha value is -0.650. The molecule has 1 rings (SSSR count). The van der Waals surface area contributed by atoms with Gasteiger partial charge >= 0.3 is 0 Å². The third-order valence-electron chi connectivity index (χ3n) is 2.84. The SMILES string of the molecule is CC(C)(CO)NC(=O)CCOC1CCNCC1. The zero-order chi connectivity index (χ0) is 12.7. The Balaban J connectivity index is 2.11. The Morgan fingerprint density at radius 2 is 2.12 bits per heavy atom. The normalized spacial score (nSPS) is 18.1. The summed E-state index contributed by atoms with van der Waals surface area (Å²) >= 11 is 0. The standard InChI is InChI=1S/C12H24N2O3/c1-12(2,9-15)14-11(16)5-8-17-10-3-6-13-7-4-10/h10,13,15H,3-9H2,1-2H3,(H,14,16). The average molecular weight is 244 g/mol. The summed E-state index contributed by atoms with van der Waals surface area (Å²) in [7, 11) is 0. The van der Waals surface area contributed by atoms with E-state index >= 15 is 0 Å². The fourth-order valence-corrected chi connectivity index (χ4v) is 1.76. The first kappa shape index (κ1) is 14.4. The molecule has 0 saturated carbocycles. The molecule has 0 aromatic rings. The van der Waals surface area contributed by atoms with E-state index in [0.29, 0.717) is 13.0 Å². The molecule has 0 atom stereocenters. The lowest BCUT2D eigenvalue weighted by Gasteiger charge is -2.25. The highest BCUT2D eigenvalue weighted by Gasteiger charge is 2.19. The number of carbonyl (C=O) groups is 1. The zero-order valence-corrected chi connectivity index (χ0v) is 10.8. The van der Waals surface area contributed by atoms with E-state index in [-0.39, 0.29) is 18.6 Å². The molecule has 0 spiro atoms. The first-order chi connectivity index (χ1) is 8.03. The maximum Gasteiger partial charge on any atom is 0.222 e. The van der Waals surface area contributed by atoms with Crippen LogP contribution in [0.5, 0.6) is 0 Å². The molecule has 1 saturated heterocycles. The van der Waals surface area contributed by atoms with Crippen LogP contribution in [0.1, 0.15) is 33.1 Å². The number of nitrogens with one attached hydrogen (secondary N) is 2. The summed E-state index contributed by atoms with van der Waals surface area (Å²) in [5.74, 6) is -0.0713. The van der Waals surface area contributed by atoms with Crippen LogP contribution >= 0.6 is 0 Å². The van der Waals surface area contributed by atoms with Crippen LogP contribution in [0.2, 0.25) is 0 Å². The zero-order valence-electron chi connectivity index (χ0n) is 10.8. The van der Waals surface area contributed by atoms with Gasteiger partial charge < -0.3 is 20.5 Å². The maximum absolute atomic E-state index is 11.5. The highest BCUT2D eigenvalue weighted by Crippen LogP contribution is 2.07. The van der Waals surface area contributed by atoms with Crippen molar-refractivity contribution in [2.45, 2.75) is 44.8 Å². The van der Waals surface area contributed by atoms with E-state index in [0.717, 1.165) is 25.9 Å². The number of carbonyl (C=O) groups excluding carboxylic acids is 1. The van der Waals surface area contributed by atoms with Gasteiger partial charge in [-0.15, -0.1) is 0 Å². The Kier molecular flexibility index (Phi) is 5.88. The molecule has 5 nitrogen and oxygen atoms in total. The molecule has 100 valence electrons. The predicted octanol–water partition coefficient (Wildman–Crippen LogP) is 0.0322. The summed E-state index contributed by atoms with van der Waals surface area (Å²) in [5, 5.41) is 15.0. The maximum atomic E-state index is 11.5. The smallest absolute Gasteiger partial charge is 0.222 e. The van der Waals surface area contributed by atoms with Crippen molar-refractivity contribution < 1.29 is 14.6 Å². The Labute approximate surface area is 103 Å². The number of amides is 1. The molecule has 0 aromatic heterocycles. The summed E-state index contributed by atoms with van der Waals surface area (Å²) < 4.78 is 5.64. The molecule has 1 aliphatic rings. The Bertz CT molecular complexity index is 238. The third-order valence-corrected chi connectivity index (χ3v) is 2.84. The second kappa shape index (κ2) is 6.93. The van der Waals surface area contributed by atoms with Gasteiger partial charge in [-0.1, -0.05) is 0 Å². The second-order valence-electron chi connectivity index (χ2n) is 5.16. The number of ether oxygens (including phenoxy) is 1. The number of hydrogen-bond donors (Lipinski definition) is 3. The number of piperidine rings is 1. The summed E-state index contributed by atoms with van der Waals surface area (Å²) in [4.78, 5) is 11.5. The van der Waals surface area contributed by atoms with Gasteiger partial charge in [0.05, 0.1) is 24.9 Å². The van der Waals surface area contributed by atoms with Crippen molar-refractivity contribution in [3.05, 3.63) is 0 Å². The van der Waals surface area contributed by atoms with Crippen molar-refractivity contribution in [3.63, 3.8) is 0 Å². The first-order valence-corrected chi connectivity index (χ1v) is 6.28. The molecule has 5 heteroatoms. The lowest BCUT2D eigenvalue weighted by Crippen LogP contribution is -2.46. The van der Waals surface area contributed by atoms with Crippen LogP contribution in [0.25, 0.3) is 0 Å². The van der Waals surface area contributed by atoms with Crippen LogP contribution in [0.4, 0.5) is 0 Å². The van der Waals surface area contributed by atoms with Crippen molar-refractivity contribution >= 4 is 5.91 Å². The third kappa shape index (κ3) is 6.00. The molecule has 0 bridgehead atoms. The van der Waals surface area contributed by atoms with Gasteiger partial charge in [0.1, 0.15) is 0 Å². The average Bonchev–Trinajstić information content (AvgIpc) is 2.30. The van der Waals surface area contributed by atoms with Crippen LogP contribution < -0.4 is 10.6 Å². The molecule has 3 N–H and O–H groups in total. The molecule has 17 heavy (non-hydrogen) atoms. The van der Waals surface area contributed by atoms with Gasteiger partial charge in [-0.05, 0) is 39.8 Å². The van der Waals surface area contributed by atoms with Gasteiger partial charge in [0.2, 0.25) is 5.91 Å². The quantitative estimate of drug-likeness (QED) is 0.616. The van der Waals surface area contributed by atoms with Crippen LogP contribution in [-0.4, -0.2) is 49.0 Å². The first-order valence-electron chi connectivity index (χ1n) is 6.28. The minimum Gasteiger partial charge on any atom is -0.394 e.